The predicted molar refractivity (Wildman–Crippen MR) is 97.5 cm³/mol. The van der Waals surface area contributed by atoms with E-state index in [0.717, 1.165) is 38.5 Å². The highest BCUT2D eigenvalue weighted by Gasteiger charge is 2.27. The van der Waals surface area contributed by atoms with Crippen molar-refractivity contribution in [1.29, 1.82) is 0 Å². The fraction of sp³-hybridized carbons (Fsp3) is 0.611. The van der Waals surface area contributed by atoms with E-state index in [0.29, 0.717) is 25.4 Å². The molecule has 1 amide bonds. The number of carbonyl (C=O) groups excluding carboxylic acids is 1. The van der Waals surface area contributed by atoms with Gasteiger partial charge in [0.15, 0.2) is 0 Å². The lowest BCUT2D eigenvalue weighted by atomic mass is 10.2. The van der Waals surface area contributed by atoms with Gasteiger partial charge in [-0.1, -0.05) is 26.2 Å². The monoisotopic (exact) mass is 368 g/mol. The molecule has 6 nitrogen and oxygen atoms in total. The number of nitrogens with zero attached hydrogens (tertiary/aromatic N) is 1. The summed E-state index contributed by atoms with van der Waals surface area (Å²) in [5, 5.41) is 2.84. The standard InChI is InChI=1S/C18H28N2O4S/c1-3-4-6-11-19-18(21)16-14-15(9-10-17(16)24-2)25(22,23)20-12-7-5-8-13-20/h9-10,14H,3-8,11-13H2,1-2H3,(H,19,21). The Morgan fingerprint density at radius 1 is 1.20 bits per heavy atom. The van der Waals surface area contributed by atoms with Crippen molar-refractivity contribution in [1.82, 2.24) is 9.62 Å². The maximum atomic E-state index is 12.8. The SMILES string of the molecule is CCCCCNC(=O)c1cc(S(=O)(=O)N2CCCCC2)ccc1OC. The van der Waals surface area contributed by atoms with Crippen LogP contribution in [0.15, 0.2) is 23.1 Å². The molecule has 1 fully saturated rings. The molecule has 1 saturated heterocycles. The van der Waals surface area contributed by atoms with E-state index in [2.05, 4.69) is 12.2 Å². The number of nitrogens with one attached hydrogen (secondary N) is 1. The van der Waals surface area contributed by atoms with E-state index in [4.69, 9.17) is 4.74 Å². The van der Waals surface area contributed by atoms with Crippen LogP contribution in [0.3, 0.4) is 0 Å². The number of carbonyl (C=O) groups is 1. The van der Waals surface area contributed by atoms with Crippen LogP contribution in [0.5, 0.6) is 5.75 Å². The van der Waals surface area contributed by atoms with Crippen molar-refractivity contribution in [2.24, 2.45) is 0 Å². The fourth-order valence-corrected chi connectivity index (χ4v) is 4.50. The van der Waals surface area contributed by atoms with Crippen LogP contribution in [0.4, 0.5) is 0 Å². The molecule has 7 heteroatoms. The Balaban J connectivity index is 2.22. The van der Waals surface area contributed by atoms with Gasteiger partial charge in [0, 0.05) is 19.6 Å². The maximum Gasteiger partial charge on any atom is 0.255 e. The predicted octanol–water partition coefficient (Wildman–Crippen LogP) is 2.79. The van der Waals surface area contributed by atoms with Gasteiger partial charge in [0.25, 0.3) is 5.91 Å². The molecular formula is C18H28N2O4S. The Morgan fingerprint density at radius 3 is 2.56 bits per heavy atom. The Kier molecular flexibility index (Phi) is 7.25. The summed E-state index contributed by atoms with van der Waals surface area (Å²) in [6.07, 6.45) is 5.82. The number of rotatable bonds is 8. The highest BCUT2D eigenvalue weighted by molar-refractivity contribution is 7.89. The average Bonchev–Trinajstić information content (AvgIpc) is 2.65. The third kappa shape index (κ3) is 4.95. The molecule has 0 spiro atoms. The number of sulfonamides is 1. The minimum absolute atomic E-state index is 0.147. The summed E-state index contributed by atoms with van der Waals surface area (Å²) < 4.78 is 32.4. The van der Waals surface area contributed by atoms with Crippen molar-refractivity contribution < 1.29 is 17.9 Å². The zero-order valence-corrected chi connectivity index (χ0v) is 15.9. The molecule has 1 aliphatic rings. The molecule has 2 rings (SSSR count). The molecule has 0 radical (unpaired) electrons. The van der Waals surface area contributed by atoms with E-state index >= 15 is 0 Å². The number of methoxy groups -OCH3 is 1. The van der Waals surface area contributed by atoms with Crippen LogP contribution in [0.25, 0.3) is 0 Å². The lowest BCUT2D eigenvalue weighted by Gasteiger charge is -2.26. The van der Waals surface area contributed by atoms with Gasteiger partial charge in [-0.2, -0.15) is 4.31 Å². The molecule has 1 heterocycles. The number of piperidine rings is 1. The van der Waals surface area contributed by atoms with Gasteiger partial charge in [-0.15, -0.1) is 0 Å². The average molecular weight is 368 g/mol. The van der Waals surface area contributed by atoms with Crippen molar-refractivity contribution in [2.75, 3.05) is 26.7 Å². The molecule has 0 unspecified atom stereocenters. The molecule has 0 bridgehead atoms. The van der Waals surface area contributed by atoms with Crippen LogP contribution in [-0.2, 0) is 10.0 Å². The number of hydrogen-bond acceptors (Lipinski definition) is 4. The minimum atomic E-state index is -3.57. The third-order valence-corrected chi connectivity index (χ3v) is 6.33. The van der Waals surface area contributed by atoms with E-state index in [1.165, 1.54) is 23.5 Å². The molecule has 0 saturated carbocycles. The van der Waals surface area contributed by atoms with E-state index in [1.807, 2.05) is 0 Å². The van der Waals surface area contributed by atoms with Crippen LogP contribution < -0.4 is 10.1 Å². The highest BCUT2D eigenvalue weighted by atomic mass is 32.2. The normalized spacial score (nSPS) is 15.8. The van der Waals surface area contributed by atoms with Crippen LogP contribution >= 0.6 is 0 Å². The number of hydrogen-bond donors (Lipinski definition) is 1. The van der Waals surface area contributed by atoms with Crippen LogP contribution in [0.2, 0.25) is 0 Å². The van der Waals surface area contributed by atoms with E-state index in [1.54, 1.807) is 6.07 Å². The summed E-state index contributed by atoms with van der Waals surface area (Å²) in [4.78, 5) is 12.6. The first kappa shape index (κ1) is 19.7. The van der Waals surface area contributed by atoms with Gasteiger partial charge in [0.2, 0.25) is 10.0 Å². The Bertz CT molecular complexity index is 682. The van der Waals surface area contributed by atoms with Gasteiger partial charge < -0.3 is 10.1 Å². The molecular weight excluding hydrogens is 340 g/mol. The van der Waals surface area contributed by atoms with Crippen molar-refractivity contribution >= 4 is 15.9 Å². The number of ether oxygens (including phenoxy) is 1. The van der Waals surface area contributed by atoms with Gasteiger partial charge in [-0.25, -0.2) is 8.42 Å². The summed E-state index contributed by atoms with van der Waals surface area (Å²) >= 11 is 0. The summed E-state index contributed by atoms with van der Waals surface area (Å²) in [6.45, 7) is 3.73. The second kappa shape index (κ2) is 9.20. The summed E-state index contributed by atoms with van der Waals surface area (Å²) in [6, 6.07) is 4.49. The maximum absolute atomic E-state index is 12.8. The third-order valence-electron chi connectivity index (χ3n) is 4.43. The lowest BCUT2D eigenvalue weighted by molar-refractivity contribution is 0.0949. The number of benzene rings is 1. The second-order valence-electron chi connectivity index (χ2n) is 6.29. The molecule has 0 aliphatic carbocycles. The van der Waals surface area contributed by atoms with E-state index in [-0.39, 0.29) is 16.4 Å². The number of unbranched alkanes of at least 4 members (excludes halogenated alkanes) is 2. The van der Waals surface area contributed by atoms with Crippen LogP contribution in [0, 0.1) is 0 Å². The number of amides is 1. The molecule has 25 heavy (non-hydrogen) atoms. The van der Waals surface area contributed by atoms with E-state index < -0.39 is 10.0 Å². The molecule has 0 aromatic heterocycles. The smallest absolute Gasteiger partial charge is 0.255 e. The van der Waals surface area contributed by atoms with Crippen molar-refractivity contribution in [3.05, 3.63) is 23.8 Å². The van der Waals surface area contributed by atoms with Crippen molar-refractivity contribution in [3.8, 4) is 5.75 Å². The Morgan fingerprint density at radius 2 is 1.92 bits per heavy atom. The first-order valence-electron chi connectivity index (χ1n) is 8.97. The Hall–Kier alpha value is -1.60. The van der Waals surface area contributed by atoms with Gasteiger partial charge in [-0.05, 0) is 37.5 Å². The molecule has 1 aromatic rings. The highest BCUT2D eigenvalue weighted by Crippen LogP contribution is 2.26. The summed E-state index contributed by atoms with van der Waals surface area (Å²) in [7, 11) is -2.10. The lowest BCUT2D eigenvalue weighted by Crippen LogP contribution is -2.35. The first-order chi connectivity index (χ1) is 12.0. The molecule has 1 aliphatic heterocycles. The molecule has 1 N–H and O–H groups in total. The second-order valence-corrected chi connectivity index (χ2v) is 8.23. The van der Waals surface area contributed by atoms with Crippen LogP contribution in [0.1, 0.15) is 55.8 Å². The van der Waals surface area contributed by atoms with Gasteiger partial charge in [0.1, 0.15) is 5.75 Å². The zero-order chi connectivity index (χ0) is 18.3. The quantitative estimate of drug-likeness (QED) is 0.716. The first-order valence-corrected chi connectivity index (χ1v) is 10.4. The van der Waals surface area contributed by atoms with Gasteiger partial charge in [-0.3, -0.25) is 4.79 Å². The van der Waals surface area contributed by atoms with Gasteiger partial charge >= 0.3 is 0 Å². The van der Waals surface area contributed by atoms with E-state index in [9.17, 15) is 13.2 Å². The van der Waals surface area contributed by atoms with Crippen molar-refractivity contribution in [2.45, 2.75) is 50.3 Å². The Labute approximate surface area is 150 Å². The topological polar surface area (TPSA) is 75.7 Å². The zero-order valence-electron chi connectivity index (χ0n) is 15.1. The minimum Gasteiger partial charge on any atom is -0.496 e. The molecule has 0 atom stereocenters. The van der Waals surface area contributed by atoms with Gasteiger partial charge in [0.05, 0.1) is 17.6 Å². The molecule has 140 valence electrons. The largest absolute Gasteiger partial charge is 0.496 e. The summed E-state index contributed by atoms with van der Waals surface area (Å²) in [5.41, 5.74) is 0.261. The van der Waals surface area contributed by atoms with Crippen molar-refractivity contribution in [3.63, 3.8) is 0 Å². The summed E-state index contributed by atoms with van der Waals surface area (Å²) in [5.74, 6) is 0.0780. The fourth-order valence-electron chi connectivity index (χ4n) is 2.95. The molecule has 1 aromatic carbocycles. The van der Waals surface area contributed by atoms with Crippen LogP contribution in [-0.4, -0.2) is 45.4 Å².